The number of likely N-dealkylation sites (N-methyl/N-ethyl adjacent to an activating group) is 1. The number of rotatable bonds is 7. The number of benzene rings is 1. The molecular formula is C17H17F3N2O4. The molecule has 0 aliphatic heterocycles. The van der Waals surface area contributed by atoms with Gasteiger partial charge in [0.2, 0.25) is 5.88 Å². The van der Waals surface area contributed by atoms with Crippen molar-refractivity contribution in [1.82, 2.24) is 4.98 Å². The normalized spacial score (nSPS) is 11.3. The standard InChI is InChI=1S/C17H17F3N2O4/c1-22(8-9-25-2)14-6-5-11(10-12(14)16(23)24)26-15-13(17(18,19)20)4-3-7-21-15/h3-7,10H,8-9H2,1-2H3,(H,23,24). The summed E-state index contributed by atoms with van der Waals surface area (Å²) in [5.41, 5.74) is -0.761. The summed E-state index contributed by atoms with van der Waals surface area (Å²) in [4.78, 5) is 16.8. The molecule has 0 saturated carbocycles. The fourth-order valence-electron chi connectivity index (χ4n) is 2.23. The van der Waals surface area contributed by atoms with Gasteiger partial charge in [-0.1, -0.05) is 0 Å². The van der Waals surface area contributed by atoms with E-state index in [-0.39, 0.29) is 11.3 Å². The summed E-state index contributed by atoms with van der Waals surface area (Å²) in [7, 11) is 3.20. The summed E-state index contributed by atoms with van der Waals surface area (Å²) < 4.78 is 49.2. The van der Waals surface area contributed by atoms with Gasteiger partial charge in [-0.3, -0.25) is 0 Å². The third-order valence-electron chi connectivity index (χ3n) is 3.53. The number of halogens is 3. The monoisotopic (exact) mass is 370 g/mol. The highest BCUT2D eigenvalue weighted by atomic mass is 19.4. The number of methoxy groups -OCH3 is 1. The molecule has 140 valence electrons. The van der Waals surface area contributed by atoms with E-state index in [2.05, 4.69) is 4.98 Å². The second kappa shape index (κ2) is 8.05. The molecule has 0 bridgehead atoms. The van der Waals surface area contributed by atoms with Gasteiger partial charge < -0.3 is 19.5 Å². The third kappa shape index (κ3) is 4.63. The Morgan fingerprint density at radius 1 is 1.31 bits per heavy atom. The van der Waals surface area contributed by atoms with Gasteiger partial charge in [-0.25, -0.2) is 9.78 Å². The van der Waals surface area contributed by atoms with Crippen molar-refractivity contribution in [3.8, 4) is 11.6 Å². The van der Waals surface area contributed by atoms with Crippen molar-refractivity contribution in [2.24, 2.45) is 0 Å². The van der Waals surface area contributed by atoms with E-state index in [9.17, 15) is 23.1 Å². The topological polar surface area (TPSA) is 71.9 Å². The highest BCUT2D eigenvalue weighted by Crippen LogP contribution is 2.37. The van der Waals surface area contributed by atoms with E-state index in [0.717, 1.165) is 24.4 Å². The number of carbonyl (C=O) groups is 1. The molecule has 0 unspecified atom stereocenters. The predicted octanol–water partition coefficient (Wildman–Crippen LogP) is 3.67. The van der Waals surface area contributed by atoms with Crippen LogP contribution in [0.15, 0.2) is 36.5 Å². The molecule has 0 amide bonds. The van der Waals surface area contributed by atoms with Crippen molar-refractivity contribution in [2.75, 3.05) is 32.2 Å². The molecule has 6 nitrogen and oxygen atoms in total. The summed E-state index contributed by atoms with van der Waals surface area (Å²) in [6, 6.07) is 6.00. The van der Waals surface area contributed by atoms with Crippen molar-refractivity contribution in [3.05, 3.63) is 47.7 Å². The molecule has 0 spiro atoms. The van der Waals surface area contributed by atoms with Crippen LogP contribution in [0.3, 0.4) is 0 Å². The average Bonchev–Trinajstić information content (AvgIpc) is 2.59. The maximum Gasteiger partial charge on any atom is 0.421 e. The van der Waals surface area contributed by atoms with Crippen molar-refractivity contribution in [3.63, 3.8) is 0 Å². The van der Waals surface area contributed by atoms with Crippen LogP contribution >= 0.6 is 0 Å². The molecule has 2 aromatic rings. The van der Waals surface area contributed by atoms with Crippen LogP contribution in [-0.2, 0) is 10.9 Å². The number of hydrogen-bond donors (Lipinski definition) is 1. The summed E-state index contributed by atoms with van der Waals surface area (Å²) >= 11 is 0. The fourth-order valence-corrected chi connectivity index (χ4v) is 2.23. The highest BCUT2D eigenvalue weighted by molar-refractivity contribution is 5.95. The minimum Gasteiger partial charge on any atom is -0.478 e. The van der Waals surface area contributed by atoms with Gasteiger partial charge in [-0.15, -0.1) is 0 Å². The maximum atomic E-state index is 13.0. The van der Waals surface area contributed by atoms with E-state index in [1.54, 1.807) is 11.9 Å². The molecule has 0 saturated heterocycles. The Balaban J connectivity index is 2.35. The Morgan fingerprint density at radius 3 is 2.65 bits per heavy atom. The number of pyridine rings is 1. The van der Waals surface area contributed by atoms with Crippen LogP contribution in [0.1, 0.15) is 15.9 Å². The fraction of sp³-hybridized carbons (Fsp3) is 0.294. The number of hydrogen-bond acceptors (Lipinski definition) is 5. The van der Waals surface area contributed by atoms with Crippen LogP contribution in [0.4, 0.5) is 18.9 Å². The Kier molecular flexibility index (Phi) is 6.04. The minimum atomic E-state index is -4.64. The molecule has 0 aliphatic rings. The molecule has 26 heavy (non-hydrogen) atoms. The first-order chi connectivity index (χ1) is 12.2. The smallest absolute Gasteiger partial charge is 0.421 e. The molecule has 2 rings (SSSR count). The van der Waals surface area contributed by atoms with E-state index < -0.39 is 23.6 Å². The SMILES string of the molecule is COCCN(C)c1ccc(Oc2ncccc2C(F)(F)F)cc1C(=O)O. The zero-order valence-electron chi connectivity index (χ0n) is 14.1. The molecule has 0 radical (unpaired) electrons. The van der Waals surface area contributed by atoms with Crippen LogP contribution < -0.4 is 9.64 Å². The number of carboxylic acids is 1. The van der Waals surface area contributed by atoms with E-state index in [0.29, 0.717) is 18.8 Å². The number of nitrogens with zero attached hydrogens (tertiary/aromatic N) is 2. The lowest BCUT2D eigenvalue weighted by molar-refractivity contribution is -0.138. The quantitative estimate of drug-likeness (QED) is 0.802. The van der Waals surface area contributed by atoms with Crippen LogP contribution in [-0.4, -0.2) is 43.4 Å². The number of carboxylic acid groups (broad SMARTS) is 1. The van der Waals surface area contributed by atoms with E-state index in [1.165, 1.54) is 19.2 Å². The van der Waals surface area contributed by atoms with Crippen LogP contribution in [0, 0.1) is 0 Å². The molecule has 1 N–H and O–H groups in total. The summed E-state index contributed by atoms with van der Waals surface area (Å²) in [6.45, 7) is 0.826. The Morgan fingerprint density at radius 2 is 2.04 bits per heavy atom. The van der Waals surface area contributed by atoms with Gasteiger partial charge in [-0.05, 0) is 30.3 Å². The molecule has 1 aromatic carbocycles. The minimum absolute atomic E-state index is 0.0597. The zero-order chi connectivity index (χ0) is 19.3. The van der Waals surface area contributed by atoms with Crippen molar-refractivity contribution in [1.29, 1.82) is 0 Å². The average molecular weight is 370 g/mol. The van der Waals surface area contributed by atoms with Gasteiger partial charge in [0, 0.05) is 26.9 Å². The Labute approximate surface area is 147 Å². The Hall–Kier alpha value is -2.81. The molecule has 1 heterocycles. The maximum absolute atomic E-state index is 13.0. The number of alkyl halides is 3. The highest BCUT2D eigenvalue weighted by Gasteiger charge is 2.35. The van der Waals surface area contributed by atoms with Gasteiger partial charge in [0.15, 0.2) is 0 Å². The second-order valence-corrected chi connectivity index (χ2v) is 5.35. The molecule has 0 fully saturated rings. The number of anilines is 1. The van der Waals surface area contributed by atoms with Gasteiger partial charge >= 0.3 is 12.1 Å². The first-order valence-corrected chi connectivity index (χ1v) is 7.51. The van der Waals surface area contributed by atoms with E-state index in [1.807, 2.05) is 0 Å². The van der Waals surface area contributed by atoms with Gasteiger partial charge in [0.1, 0.15) is 11.3 Å². The van der Waals surface area contributed by atoms with Crippen LogP contribution in [0.5, 0.6) is 11.6 Å². The van der Waals surface area contributed by atoms with Crippen LogP contribution in [0.25, 0.3) is 0 Å². The predicted molar refractivity (Wildman–Crippen MR) is 87.9 cm³/mol. The number of aromatic nitrogens is 1. The first kappa shape index (κ1) is 19.5. The lowest BCUT2D eigenvalue weighted by Gasteiger charge is -2.21. The summed E-state index contributed by atoms with van der Waals surface area (Å²) in [5, 5.41) is 9.41. The molecule has 1 aromatic heterocycles. The van der Waals surface area contributed by atoms with Crippen molar-refractivity contribution in [2.45, 2.75) is 6.18 Å². The second-order valence-electron chi connectivity index (χ2n) is 5.35. The molecule has 9 heteroatoms. The third-order valence-corrected chi connectivity index (χ3v) is 3.53. The van der Waals surface area contributed by atoms with Crippen molar-refractivity contribution < 1.29 is 32.5 Å². The Bertz CT molecular complexity index is 781. The first-order valence-electron chi connectivity index (χ1n) is 7.51. The van der Waals surface area contributed by atoms with Gasteiger partial charge in [0.25, 0.3) is 0 Å². The summed E-state index contributed by atoms with van der Waals surface area (Å²) in [6.07, 6.45) is -3.48. The summed E-state index contributed by atoms with van der Waals surface area (Å²) in [5.74, 6) is -1.93. The number of ether oxygens (including phenoxy) is 2. The van der Waals surface area contributed by atoms with Crippen molar-refractivity contribution >= 4 is 11.7 Å². The lowest BCUT2D eigenvalue weighted by Crippen LogP contribution is -2.24. The van der Waals surface area contributed by atoms with Crippen LogP contribution in [0.2, 0.25) is 0 Å². The largest absolute Gasteiger partial charge is 0.478 e. The molecular weight excluding hydrogens is 353 g/mol. The van der Waals surface area contributed by atoms with E-state index in [4.69, 9.17) is 9.47 Å². The van der Waals surface area contributed by atoms with E-state index >= 15 is 0 Å². The van der Waals surface area contributed by atoms with Gasteiger partial charge in [0.05, 0.1) is 17.9 Å². The number of aromatic carboxylic acids is 1. The zero-order valence-corrected chi connectivity index (χ0v) is 14.1. The lowest BCUT2D eigenvalue weighted by atomic mass is 10.1. The van der Waals surface area contributed by atoms with Gasteiger partial charge in [-0.2, -0.15) is 13.2 Å². The molecule has 0 aliphatic carbocycles. The molecule has 0 atom stereocenters.